The van der Waals surface area contributed by atoms with E-state index in [4.69, 9.17) is 0 Å². The molecule has 1 aliphatic heterocycles. The van der Waals surface area contributed by atoms with Crippen LogP contribution in [0.5, 0.6) is 0 Å². The molecule has 1 fully saturated rings. The van der Waals surface area contributed by atoms with Crippen LogP contribution in [0.25, 0.3) is 0 Å². The molecule has 13 heavy (non-hydrogen) atoms. The van der Waals surface area contributed by atoms with Crippen molar-refractivity contribution in [3.63, 3.8) is 0 Å². The van der Waals surface area contributed by atoms with E-state index < -0.39 is 0 Å². The maximum atomic E-state index is 11.7. The first kappa shape index (κ1) is 10.6. The Hall–Kier alpha value is -0.530. The van der Waals surface area contributed by atoms with Crippen molar-refractivity contribution in [1.82, 2.24) is 4.90 Å². The average Bonchev–Trinajstić information content (AvgIpc) is 2.01. The number of hydrogen-bond donors (Lipinski definition) is 0. The summed E-state index contributed by atoms with van der Waals surface area (Å²) in [5.74, 6) is 0.339. The number of nitrogens with zero attached hydrogens (tertiary/aromatic N) is 1. The van der Waals surface area contributed by atoms with E-state index in [-0.39, 0.29) is 5.41 Å². The lowest BCUT2D eigenvalue weighted by atomic mass is 9.82. The van der Waals surface area contributed by atoms with Crippen LogP contribution in [0, 0.1) is 5.41 Å². The van der Waals surface area contributed by atoms with Gasteiger partial charge >= 0.3 is 0 Å². The second-order valence-corrected chi connectivity index (χ2v) is 4.94. The van der Waals surface area contributed by atoms with Gasteiger partial charge in [-0.2, -0.15) is 0 Å². The first-order chi connectivity index (χ1) is 5.96. The molecule has 0 saturated carbocycles. The van der Waals surface area contributed by atoms with Crippen LogP contribution in [0.4, 0.5) is 0 Å². The van der Waals surface area contributed by atoms with Gasteiger partial charge in [-0.3, -0.25) is 4.79 Å². The van der Waals surface area contributed by atoms with Crippen LogP contribution in [-0.2, 0) is 4.79 Å². The molecule has 1 heterocycles. The molecule has 0 spiro atoms. The number of carbonyl (C=O) groups excluding carboxylic acids is 1. The predicted octanol–water partition coefficient (Wildman–Crippen LogP) is 2.43. The summed E-state index contributed by atoms with van der Waals surface area (Å²) >= 11 is 0. The molecule has 0 aromatic rings. The molecule has 0 aromatic carbocycles. The molecule has 1 rings (SSSR count). The summed E-state index contributed by atoms with van der Waals surface area (Å²) in [5.41, 5.74) is 0.223. The molecule has 0 N–H and O–H groups in total. The van der Waals surface area contributed by atoms with Crippen molar-refractivity contribution >= 4 is 5.91 Å². The zero-order valence-electron chi connectivity index (χ0n) is 9.26. The number of piperidine rings is 1. The molecule has 1 amide bonds. The number of amides is 1. The third-order valence-corrected chi connectivity index (χ3v) is 3.10. The Kier molecular flexibility index (Phi) is 2.99. The van der Waals surface area contributed by atoms with Gasteiger partial charge in [0, 0.05) is 19.0 Å². The Bertz CT molecular complexity index is 198. The van der Waals surface area contributed by atoms with Crippen LogP contribution in [0.3, 0.4) is 0 Å². The lowest BCUT2D eigenvalue weighted by Gasteiger charge is -2.39. The number of likely N-dealkylation sites (tertiary alicyclic amines) is 1. The topological polar surface area (TPSA) is 20.3 Å². The zero-order chi connectivity index (χ0) is 10.1. The van der Waals surface area contributed by atoms with Gasteiger partial charge in [-0.15, -0.1) is 0 Å². The Morgan fingerprint density at radius 2 is 2.15 bits per heavy atom. The van der Waals surface area contributed by atoms with Gasteiger partial charge < -0.3 is 4.90 Å². The van der Waals surface area contributed by atoms with E-state index >= 15 is 0 Å². The maximum Gasteiger partial charge on any atom is 0.223 e. The predicted molar refractivity (Wildman–Crippen MR) is 54.5 cm³/mol. The molecule has 1 aliphatic rings. The fraction of sp³-hybridized carbons (Fsp3) is 0.909. The first-order valence-electron chi connectivity index (χ1n) is 5.26. The Morgan fingerprint density at radius 1 is 1.54 bits per heavy atom. The van der Waals surface area contributed by atoms with E-state index in [2.05, 4.69) is 27.7 Å². The van der Waals surface area contributed by atoms with Crippen molar-refractivity contribution in [2.45, 2.75) is 53.0 Å². The van der Waals surface area contributed by atoms with Crippen molar-refractivity contribution in [3.8, 4) is 0 Å². The van der Waals surface area contributed by atoms with Gasteiger partial charge in [-0.05, 0) is 25.2 Å². The fourth-order valence-electron chi connectivity index (χ4n) is 1.83. The van der Waals surface area contributed by atoms with E-state index in [0.717, 1.165) is 25.8 Å². The smallest absolute Gasteiger partial charge is 0.223 e. The second-order valence-electron chi connectivity index (χ2n) is 4.94. The van der Waals surface area contributed by atoms with Gasteiger partial charge in [0.05, 0.1) is 0 Å². The minimum atomic E-state index is 0.223. The Labute approximate surface area is 81.3 Å². The monoisotopic (exact) mass is 183 g/mol. The summed E-state index contributed by atoms with van der Waals surface area (Å²) in [4.78, 5) is 13.8. The third-order valence-electron chi connectivity index (χ3n) is 3.10. The summed E-state index contributed by atoms with van der Waals surface area (Å²) in [6, 6.07) is 0.420. The highest BCUT2D eigenvalue weighted by Gasteiger charge is 2.32. The van der Waals surface area contributed by atoms with Gasteiger partial charge in [0.2, 0.25) is 5.91 Å². The van der Waals surface area contributed by atoms with Gasteiger partial charge in [-0.1, -0.05) is 20.8 Å². The molecule has 1 saturated heterocycles. The van der Waals surface area contributed by atoms with Gasteiger partial charge in [-0.25, -0.2) is 0 Å². The van der Waals surface area contributed by atoms with Gasteiger partial charge in [0.15, 0.2) is 0 Å². The molecule has 1 unspecified atom stereocenters. The van der Waals surface area contributed by atoms with E-state index in [0.29, 0.717) is 11.9 Å². The lowest BCUT2D eigenvalue weighted by molar-refractivity contribution is -0.139. The van der Waals surface area contributed by atoms with Crippen LogP contribution in [0.1, 0.15) is 47.0 Å². The quantitative estimate of drug-likeness (QED) is 0.644. The second kappa shape index (κ2) is 3.69. The standard InChI is InChI=1S/C11H21NO/c1-5-9(2)12-7-6-11(3,4)8-10(12)13/h9H,5-8H2,1-4H3. The summed E-state index contributed by atoms with van der Waals surface area (Å²) in [6.45, 7) is 9.58. The summed E-state index contributed by atoms with van der Waals surface area (Å²) < 4.78 is 0. The van der Waals surface area contributed by atoms with Crippen molar-refractivity contribution in [3.05, 3.63) is 0 Å². The normalized spacial score (nSPS) is 24.6. The molecule has 0 bridgehead atoms. The highest BCUT2D eigenvalue weighted by Crippen LogP contribution is 2.31. The van der Waals surface area contributed by atoms with Crippen LogP contribution < -0.4 is 0 Å². The fourth-order valence-corrected chi connectivity index (χ4v) is 1.83. The molecule has 0 radical (unpaired) electrons. The van der Waals surface area contributed by atoms with E-state index in [1.165, 1.54) is 0 Å². The molecule has 0 aliphatic carbocycles. The minimum Gasteiger partial charge on any atom is -0.340 e. The van der Waals surface area contributed by atoms with E-state index in [9.17, 15) is 4.79 Å². The van der Waals surface area contributed by atoms with Crippen molar-refractivity contribution in [1.29, 1.82) is 0 Å². The van der Waals surface area contributed by atoms with Gasteiger partial charge in [0.1, 0.15) is 0 Å². The maximum absolute atomic E-state index is 11.7. The molecule has 76 valence electrons. The van der Waals surface area contributed by atoms with Crippen LogP contribution >= 0.6 is 0 Å². The Balaban J connectivity index is 2.59. The summed E-state index contributed by atoms with van der Waals surface area (Å²) in [6.07, 6.45) is 2.92. The molecule has 0 aromatic heterocycles. The van der Waals surface area contributed by atoms with Gasteiger partial charge in [0.25, 0.3) is 0 Å². The van der Waals surface area contributed by atoms with E-state index in [1.807, 2.05) is 4.90 Å². The summed E-state index contributed by atoms with van der Waals surface area (Å²) in [5, 5.41) is 0. The van der Waals surface area contributed by atoms with Crippen molar-refractivity contribution in [2.75, 3.05) is 6.54 Å². The largest absolute Gasteiger partial charge is 0.340 e. The first-order valence-corrected chi connectivity index (χ1v) is 5.26. The number of carbonyl (C=O) groups is 1. The van der Waals surface area contributed by atoms with Crippen molar-refractivity contribution < 1.29 is 4.79 Å². The average molecular weight is 183 g/mol. The highest BCUT2D eigenvalue weighted by molar-refractivity contribution is 5.78. The zero-order valence-corrected chi connectivity index (χ0v) is 9.26. The van der Waals surface area contributed by atoms with E-state index in [1.54, 1.807) is 0 Å². The molecule has 2 heteroatoms. The van der Waals surface area contributed by atoms with Crippen LogP contribution in [-0.4, -0.2) is 23.4 Å². The number of hydrogen-bond acceptors (Lipinski definition) is 1. The molecule has 1 atom stereocenters. The third kappa shape index (κ3) is 2.45. The lowest BCUT2D eigenvalue weighted by Crippen LogP contribution is -2.46. The highest BCUT2D eigenvalue weighted by atomic mass is 16.2. The minimum absolute atomic E-state index is 0.223. The molecular weight excluding hydrogens is 162 g/mol. The molecular formula is C11H21NO. The summed E-state index contributed by atoms with van der Waals surface area (Å²) in [7, 11) is 0. The SMILES string of the molecule is CCC(C)N1CCC(C)(C)CC1=O. The number of rotatable bonds is 2. The Morgan fingerprint density at radius 3 is 2.62 bits per heavy atom. The molecule has 2 nitrogen and oxygen atoms in total. The van der Waals surface area contributed by atoms with Crippen LogP contribution in [0.15, 0.2) is 0 Å². The van der Waals surface area contributed by atoms with Crippen molar-refractivity contribution in [2.24, 2.45) is 5.41 Å². The van der Waals surface area contributed by atoms with Crippen LogP contribution in [0.2, 0.25) is 0 Å².